The van der Waals surface area contributed by atoms with E-state index >= 15 is 0 Å². The zero-order valence-electron chi connectivity index (χ0n) is 8.45. The molecule has 1 atom stereocenters. The van der Waals surface area contributed by atoms with Gasteiger partial charge in [-0.2, -0.15) is 0 Å². The molecule has 0 aliphatic heterocycles. The van der Waals surface area contributed by atoms with E-state index in [9.17, 15) is 0 Å². The van der Waals surface area contributed by atoms with Crippen molar-refractivity contribution in [1.29, 1.82) is 0 Å². The molecule has 0 saturated carbocycles. The first kappa shape index (κ1) is 11.9. The molecule has 0 fully saturated rings. The minimum atomic E-state index is -0.0169. The molecule has 0 amide bonds. The van der Waals surface area contributed by atoms with E-state index in [-0.39, 0.29) is 6.04 Å². The van der Waals surface area contributed by atoms with E-state index in [1.165, 1.54) is 0 Å². The van der Waals surface area contributed by atoms with Crippen molar-refractivity contribution >= 4 is 11.6 Å². The summed E-state index contributed by atoms with van der Waals surface area (Å²) in [5.41, 5.74) is 5.79. The highest BCUT2D eigenvalue weighted by atomic mass is 35.5. The molecule has 0 heterocycles. The average Bonchev–Trinajstić information content (AvgIpc) is 2.25. The van der Waals surface area contributed by atoms with Gasteiger partial charge < -0.3 is 10.5 Å². The van der Waals surface area contributed by atoms with E-state index in [0.717, 1.165) is 12.2 Å². The second kappa shape index (κ2) is 6.34. The molecule has 0 aromatic heterocycles. The number of hydrogen-bond donors (Lipinski definition) is 1. The van der Waals surface area contributed by atoms with Crippen LogP contribution in [-0.4, -0.2) is 12.6 Å². The number of rotatable bonds is 5. The molecule has 0 aliphatic rings. The Morgan fingerprint density at radius 1 is 1.40 bits per heavy atom. The Labute approximate surface area is 95.4 Å². The molecule has 3 heteroatoms. The van der Waals surface area contributed by atoms with Crippen LogP contribution in [0.15, 0.2) is 24.3 Å². The van der Waals surface area contributed by atoms with Crippen molar-refractivity contribution in [2.75, 3.05) is 6.61 Å². The second-order valence-electron chi connectivity index (χ2n) is 3.27. The van der Waals surface area contributed by atoms with E-state index in [1.807, 2.05) is 12.1 Å². The molecule has 1 rings (SSSR count). The van der Waals surface area contributed by atoms with Crippen LogP contribution in [0.1, 0.15) is 12.8 Å². The third-order valence-corrected chi connectivity index (χ3v) is 2.19. The SMILES string of the molecule is C#CCCC(N)COc1ccc(Cl)cc1. The summed E-state index contributed by atoms with van der Waals surface area (Å²) in [5.74, 6) is 3.32. The molecule has 2 nitrogen and oxygen atoms in total. The maximum atomic E-state index is 5.79. The summed E-state index contributed by atoms with van der Waals surface area (Å²) in [6.45, 7) is 0.476. The third kappa shape index (κ3) is 4.73. The van der Waals surface area contributed by atoms with Crippen molar-refractivity contribution in [3.05, 3.63) is 29.3 Å². The molecule has 2 N–H and O–H groups in total. The quantitative estimate of drug-likeness (QED) is 0.779. The van der Waals surface area contributed by atoms with E-state index < -0.39 is 0 Å². The van der Waals surface area contributed by atoms with Gasteiger partial charge in [-0.05, 0) is 30.7 Å². The fraction of sp³-hybridized carbons (Fsp3) is 0.333. The normalized spacial score (nSPS) is 11.8. The first-order valence-corrected chi connectivity index (χ1v) is 5.17. The van der Waals surface area contributed by atoms with E-state index in [1.54, 1.807) is 12.1 Å². The van der Waals surface area contributed by atoms with Gasteiger partial charge >= 0.3 is 0 Å². The molecular formula is C12H14ClNO. The van der Waals surface area contributed by atoms with Gasteiger partial charge in [0.25, 0.3) is 0 Å². The zero-order chi connectivity index (χ0) is 11.1. The lowest BCUT2D eigenvalue weighted by Gasteiger charge is -2.11. The van der Waals surface area contributed by atoms with Crippen LogP contribution >= 0.6 is 11.6 Å². The Hall–Kier alpha value is -1.17. The lowest BCUT2D eigenvalue weighted by atomic mass is 10.2. The Morgan fingerprint density at radius 2 is 2.07 bits per heavy atom. The number of hydrogen-bond acceptors (Lipinski definition) is 2. The molecule has 0 saturated heterocycles. The van der Waals surface area contributed by atoms with Gasteiger partial charge in [0.1, 0.15) is 12.4 Å². The summed E-state index contributed by atoms with van der Waals surface area (Å²) >= 11 is 5.74. The van der Waals surface area contributed by atoms with Crippen molar-refractivity contribution in [3.8, 4) is 18.1 Å². The van der Waals surface area contributed by atoms with Gasteiger partial charge in [0.05, 0.1) is 0 Å². The predicted molar refractivity (Wildman–Crippen MR) is 63.0 cm³/mol. The van der Waals surface area contributed by atoms with Gasteiger partial charge in [0.2, 0.25) is 0 Å². The monoisotopic (exact) mass is 223 g/mol. The topological polar surface area (TPSA) is 35.2 Å². The Morgan fingerprint density at radius 3 is 2.67 bits per heavy atom. The zero-order valence-corrected chi connectivity index (χ0v) is 9.20. The number of ether oxygens (including phenoxy) is 1. The lowest BCUT2D eigenvalue weighted by Crippen LogP contribution is -2.27. The molecule has 80 valence electrons. The van der Waals surface area contributed by atoms with Crippen molar-refractivity contribution in [3.63, 3.8) is 0 Å². The van der Waals surface area contributed by atoms with Crippen molar-refractivity contribution in [1.82, 2.24) is 0 Å². The van der Waals surface area contributed by atoms with Gasteiger partial charge in [-0.15, -0.1) is 12.3 Å². The van der Waals surface area contributed by atoms with Crippen LogP contribution in [0.25, 0.3) is 0 Å². The van der Waals surface area contributed by atoms with E-state index in [0.29, 0.717) is 18.1 Å². The summed E-state index contributed by atoms with van der Waals surface area (Å²) in [7, 11) is 0. The largest absolute Gasteiger partial charge is 0.492 e. The van der Waals surface area contributed by atoms with Gasteiger partial charge in [-0.3, -0.25) is 0 Å². The summed E-state index contributed by atoms with van der Waals surface area (Å²) in [5, 5.41) is 0.694. The fourth-order valence-electron chi connectivity index (χ4n) is 1.09. The molecule has 0 radical (unpaired) electrons. The van der Waals surface area contributed by atoms with Crippen LogP contribution in [0.3, 0.4) is 0 Å². The van der Waals surface area contributed by atoms with Crippen molar-refractivity contribution in [2.24, 2.45) is 5.73 Å². The number of nitrogens with two attached hydrogens (primary N) is 1. The minimum absolute atomic E-state index is 0.0169. The number of terminal acetylenes is 1. The molecule has 15 heavy (non-hydrogen) atoms. The minimum Gasteiger partial charge on any atom is -0.492 e. The number of halogens is 1. The van der Waals surface area contributed by atoms with E-state index in [2.05, 4.69) is 5.92 Å². The van der Waals surface area contributed by atoms with Crippen LogP contribution in [0.2, 0.25) is 5.02 Å². The van der Waals surface area contributed by atoms with Crippen molar-refractivity contribution < 1.29 is 4.74 Å². The maximum Gasteiger partial charge on any atom is 0.119 e. The first-order valence-electron chi connectivity index (χ1n) is 4.80. The molecule has 1 aromatic rings. The highest BCUT2D eigenvalue weighted by Gasteiger charge is 2.02. The highest BCUT2D eigenvalue weighted by molar-refractivity contribution is 6.30. The highest BCUT2D eigenvalue weighted by Crippen LogP contribution is 2.15. The second-order valence-corrected chi connectivity index (χ2v) is 3.70. The van der Waals surface area contributed by atoms with Gasteiger partial charge in [0.15, 0.2) is 0 Å². The first-order chi connectivity index (χ1) is 7.22. The molecule has 1 unspecified atom stereocenters. The summed E-state index contributed by atoms with van der Waals surface area (Å²) in [6.07, 6.45) is 6.61. The molecule has 1 aromatic carbocycles. The standard InChI is InChI=1S/C12H14ClNO/c1-2-3-4-11(14)9-15-12-7-5-10(13)6-8-12/h1,5-8,11H,3-4,9,14H2. The van der Waals surface area contributed by atoms with Crippen LogP contribution < -0.4 is 10.5 Å². The molecule has 0 bridgehead atoms. The Bertz CT molecular complexity index is 328. The van der Waals surface area contributed by atoms with Crippen LogP contribution in [0, 0.1) is 12.3 Å². The van der Waals surface area contributed by atoms with E-state index in [4.69, 9.17) is 28.5 Å². The number of benzene rings is 1. The summed E-state index contributed by atoms with van der Waals surface area (Å²) < 4.78 is 5.47. The third-order valence-electron chi connectivity index (χ3n) is 1.94. The fourth-order valence-corrected chi connectivity index (χ4v) is 1.21. The molecular weight excluding hydrogens is 210 g/mol. The Kier molecular flexibility index (Phi) is 5.03. The average molecular weight is 224 g/mol. The smallest absolute Gasteiger partial charge is 0.119 e. The summed E-state index contributed by atoms with van der Waals surface area (Å²) in [6, 6.07) is 7.18. The predicted octanol–water partition coefficient (Wildman–Crippen LogP) is 2.46. The lowest BCUT2D eigenvalue weighted by molar-refractivity contribution is 0.283. The van der Waals surface area contributed by atoms with Gasteiger partial charge in [-0.1, -0.05) is 11.6 Å². The maximum absolute atomic E-state index is 5.79. The van der Waals surface area contributed by atoms with Crippen LogP contribution in [-0.2, 0) is 0 Å². The summed E-state index contributed by atoms with van der Waals surface area (Å²) in [4.78, 5) is 0. The van der Waals surface area contributed by atoms with Crippen LogP contribution in [0.4, 0.5) is 0 Å². The van der Waals surface area contributed by atoms with Crippen molar-refractivity contribution in [2.45, 2.75) is 18.9 Å². The van der Waals surface area contributed by atoms with Gasteiger partial charge in [0, 0.05) is 17.5 Å². The Balaban J connectivity index is 2.31. The van der Waals surface area contributed by atoms with Crippen LogP contribution in [0.5, 0.6) is 5.75 Å². The molecule has 0 spiro atoms. The molecule has 0 aliphatic carbocycles. The van der Waals surface area contributed by atoms with Gasteiger partial charge in [-0.25, -0.2) is 0 Å².